The molecule has 1 fully saturated rings. The summed E-state index contributed by atoms with van der Waals surface area (Å²) in [6.45, 7) is 1.27. The first kappa shape index (κ1) is 16.4. The molecule has 0 aliphatic carbocycles. The van der Waals surface area contributed by atoms with Crippen LogP contribution < -0.4 is 5.32 Å². The highest BCUT2D eigenvalue weighted by atomic mass is 32.1. The zero-order valence-corrected chi connectivity index (χ0v) is 15.2. The van der Waals surface area contributed by atoms with Gasteiger partial charge in [0.25, 0.3) is 5.91 Å². The van der Waals surface area contributed by atoms with E-state index in [4.69, 9.17) is 4.74 Å². The van der Waals surface area contributed by atoms with Crippen molar-refractivity contribution < 1.29 is 9.53 Å². The molecule has 3 heterocycles. The molecular weight excluding hydrogens is 352 g/mol. The van der Waals surface area contributed by atoms with E-state index in [1.54, 1.807) is 11.3 Å². The summed E-state index contributed by atoms with van der Waals surface area (Å²) < 4.78 is 5.68. The molecule has 1 aliphatic rings. The van der Waals surface area contributed by atoms with Crippen LogP contribution in [0.25, 0.3) is 11.3 Å². The average Bonchev–Trinajstić information content (AvgIpc) is 3.41. The fraction of sp³-hybridized carbons (Fsp3) is 0.263. The Morgan fingerprint density at radius 1 is 1.24 bits per heavy atom. The third kappa shape index (κ3) is 3.81. The Balaban J connectivity index is 1.37. The predicted molar refractivity (Wildman–Crippen MR) is 101 cm³/mol. The largest absolute Gasteiger partial charge is 0.373 e. The molecule has 1 saturated heterocycles. The molecule has 6 heteroatoms. The number of nitrogens with zero attached hydrogens (tertiary/aromatic N) is 1. The molecule has 2 aromatic heterocycles. The highest BCUT2D eigenvalue weighted by Gasteiger charge is 2.20. The SMILES string of the molecule is O=C(NCc1nc(-c2ccccc2)cs1)c1ccc([C@@H]2CCCO2)s1. The van der Waals surface area contributed by atoms with Gasteiger partial charge in [-0.1, -0.05) is 30.3 Å². The summed E-state index contributed by atoms with van der Waals surface area (Å²) in [6, 6.07) is 14.0. The van der Waals surface area contributed by atoms with Crippen molar-refractivity contribution in [2.24, 2.45) is 0 Å². The first-order valence-corrected chi connectivity index (χ1v) is 9.98. The van der Waals surface area contributed by atoms with E-state index >= 15 is 0 Å². The lowest BCUT2D eigenvalue weighted by atomic mass is 10.2. The zero-order valence-electron chi connectivity index (χ0n) is 13.6. The molecule has 1 N–H and O–H groups in total. The van der Waals surface area contributed by atoms with Crippen LogP contribution in [-0.2, 0) is 11.3 Å². The Morgan fingerprint density at radius 3 is 2.92 bits per heavy atom. The van der Waals surface area contributed by atoms with Gasteiger partial charge in [0.05, 0.1) is 23.2 Å². The standard InChI is InChI=1S/C19H18N2O2S2/c22-19(17-9-8-16(25-17)15-7-4-10-23-15)20-11-18-21-14(12-24-18)13-5-2-1-3-6-13/h1-3,5-6,8-9,12,15H,4,7,10-11H2,(H,20,22)/t15-/m0/s1. The third-order valence-corrected chi connectivity index (χ3v) is 6.14. The van der Waals surface area contributed by atoms with Gasteiger partial charge in [-0.25, -0.2) is 4.98 Å². The normalized spacial score (nSPS) is 16.9. The fourth-order valence-electron chi connectivity index (χ4n) is 2.83. The second-order valence-electron chi connectivity index (χ2n) is 5.88. The molecule has 1 aromatic carbocycles. The zero-order chi connectivity index (χ0) is 17.1. The molecule has 0 spiro atoms. The fourth-order valence-corrected chi connectivity index (χ4v) is 4.58. The van der Waals surface area contributed by atoms with Crippen molar-refractivity contribution in [2.75, 3.05) is 6.61 Å². The van der Waals surface area contributed by atoms with Crippen LogP contribution in [-0.4, -0.2) is 17.5 Å². The Bertz CT molecular complexity index is 851. The van der Waals surface area contributed by atoms with Crippen LogP contribution in [0.2, 0.25) is 0 Å². The maximum Gasteiger partial charge on any atom is 0.261 e. The van der Waals surface area contributed by atoms with Gasteiger partial charge in [-0.15, -0.1) is 22.7 Å². The lowest BCUT2D eigenvalue weighted by Crippen LogP contribution is -2.21. The predicted octanol–water partition coefficient (Wildman–Crippen LogP) is 4.65. The number of nitrogens with one attached hydrogen (secondary N) is 1. The first-order valence-electron chi connectivity index (χ1n) is 8.29. The maximum atomic E-state index is 12.4. The van der Waals surface area contributed by atoms with Crippen molar-refractivity contribution in [1.29, 1.82) is 0 Å². The number of benzene rings is 1. The summed E-state index contributed by atoms with van der Waals surface area (Å²) >= 11 is 3.09. The van der Waals surface area contributed by atoms with E-state index in [0.717, 1.165) is 45.5 Å². The van der Waals surface area contributed by atoms with Gasteiger partial charge >= 0.3 is 0 Å². The van der Waals surface area contributed by atoms with E-state index < -0.39 is 0 Å². The lowest BCUT2D eigenvalue weighted by molar-refractivity contribution is 0.0955. The number of thiophene rings is 1. The molecule has 128 valence electrons. The second kappa shape index (κ2) is 7.47. The van der Waals surface area contributed by atoms with E-state index in [-0.39, 0.29) is 12.0 Å². The van der Waals surface area contributed by atoms with E-state index in [0.29, 0.717) is 6.54 Å². The summed E-state index contributed by atoms with van der Waals surface area (Å²) in [4.78, 5) is 18.8. The van der Waals surface area contributed by atoms with E-state index in [1.165, 1.54) is 11.3 Å². The highest BCUT2D eigenvalue weighted by molar-refractivity contribution is 7.14. The Kier molecular flexibility index (Phi) is 4.92. The van der Waals surface area contributed by atoms with Crippen LogP contribution in [0.1, 0.15) is 38.5 Å². The molecule has 0 saturated carbocycles. The number of carbonyl (C=O) groups is 1. The Labute approximate surface area is 154 Å². The molecular formula is C19H18N2O2S2. The maximum absolute atomic E-state index is 12.4. The van der Waals surface area contributed by atoms with Gasteiger partial charge in [0.2, 0.25) is 0 Å². The highest BCUT2D eigenvalue weighted by Crippen LogP contribution is 2.33. The van der Waals surface area contributed by atoms with Gasteiger partial charge < -0.3 is 10.1 Å². The summed E-state index contributed by atoms with van der Waals surface area (Å²) in [7, 11) is 0. The molecule has 0 unspecified atom stereocenters. The summed E-state index contributed by atoms with van der Waals surface area (Å²) in [5.41, 5.74) is 2.04. The molecule has 0 bridgehead atoms. The van der Waals surface area contributed by atoms with Crippen LogP contribution in [0.15, 0.2) is 47.8 Å². The monoisotopic (exact) mass is 370 g/mol. The molecule has 1 atom stereocenters. The molecule has 1 amide bonds. The van der Waals surface area contributed by atoms with Crippen LogP contribution in [0.3, 0.4) is 0 Å². The van der Waals surface area contributed by atoms with Crippen LogP contribution >= 0.6 is 22.7 Å². The number of carbonyl (C=O) groups excluding carboxylic acids is 1. The Hall–Kier alpha value is -2.02. The number of hydrogen-bond acceptors (Lipinski definition) is 5. The van der Waals surface area contributed by atoms with Gasteiger partial charge in [0.15, 0.2) is 0 Å². The van der Waals surface area contributed by atoms with Crippen molar-refractivity contribution in [1.82, 2.24) is 10.3 Å². The second-order valence-corrected chi connectivity index (χ2v) is 7.94. The number of hydrogen-bond donors (Lipinski definition) is 1. The van der Waals surface area contributed by atoms with Crippen molar-refractivity contribution in [3.05, 3.63) is 62.6 Å². The number of rotatable bonds is 5. The van der Waals surface area contributed by atoms with Gasteiger partial charge in [0.1, 0.15) is 5.01 Å². The van der Waals surface area contributed by atoms with Crippen LogP contribution in [0.5, 0.6) is 0 Å². The van der Waals surface area contributed by atoms with E-state index in [1.807, 2.05) is 47.8 Å². The van der Waals surface area contributed by atoms with Gasteiger partial charge in [0, 0.05) is 22.4 Å². The van der Waals surface area contributed by atoms with Gasteiger partial charge in [-0.05, 0) is 25.0 Å². The molecule has 3 aromatic rings. The molecule has 0 radical (unpaired) electrons. The number of amides is 1. The molecule has 1 aliphatic heterocycles. The van der Waals surface area contributed by atoms with Crippen molar-refractivity contribution in [3.63, 3.8) is 0 Å². The Morgan fingerprint density at radius 2 is 2.12 bits per heavy atom. The van der Waals surface area contributed by atoms with Crippen LogP contribution in [0, 0.1) is 0 Å². The minimum atomic E-state index is -0.0503. The molecule has 25 heavy (non-hydrogen) atoms. The third-order valence-electron chi connectivity index (χ3n) is 4.12. The summed E-state index contributed by atoms with van der Waals surface area (Å²) in [5.74, 6) is -0.0503. The minimum Gasteiger partial charge on any atom is -0.373 e. The number of ether oxygens (including phenoxy) is 1. The van der Waals surface area contributed by atoms with Crippen molar-refractivity contribution >= 4 is 28.6 Å². The first-order chi connectivity index (χ1) is 12.3. The quantitative estimate of drug-likeness (QED) is 0.711. The lowest BCUT2D eigenvalue weighted by Gasteiger charge is -2.05. The van der Waals surface area contributed by atoms with Gasteiger partial charge in [-0.2, -0.15) is 0 Å². The van der Waals surface area contributed by atoms with Crippen molar-refractivity contribution in [2.45, 2.75) is 25.5 Å². The van der Waals surface area contributed by atoms with Crippen LogP contribution in [0.4, 0.5) is 0 Å². The number of thiazole rings is 1. The molecule has 4 rings (SSSR count). The average molecular weight is 370 g/mol. The summed E-state index contributed by atoms with van der Waals surface area (Å²) in [5, 5.41) is 5.89. The van der Waals surface area contributed by atoms with E-state index in [9.17, 15) is 4.79 Å². The number of aromatic nitrogens is 1. The van der Waals surface area contributed by atoms with E-state index in [2.05, 4.69) is 10.3 Å². The molecule has 4 nitrogen and oxygen atoms in total. The van der Waals surface area contributed by atoms with Crippen molar-refractivity contribution in [3.8, 4) is 11.3 Å². The topological polar surface area (TPSA) is 51.2 Å². The smallest absolute Gasteiger partial charge is 0.261 e. The minimum absolute atomic E-state index is 0.0503. The van der Waals surface area contributed by atoms with Gasteiger partial charge in [-0.3, -0.25) is 4.79 Å². The summed E-state index contributed by atoms with van der Waals surface area (Å²) in [6.07, 6.45) is 2.31.